The minimum Gasteiger partial charge on any atom is -0.497 e. The Hall–Kier alpha value is -2.75. The van der Waals surface area contributed by atoms with E-state index in [-0.39, 0.29) is 11.9 Å². The molecule has 0 aliphatic heterocycles. The molecule has 3 aromatic rings. The maximum atomic E-state index is 12.6. The molecule has 0 radical (unpaired) electrons. The maximum Gasteiger partial charge on any atom is 0.251 e. The third-order valence-corrected chi connectivity index (χ3v) is 5.28. The first-order valence-corrected chi connectivity index (χ1v) is 9.13. The summed E-state index contributed by atoms with van der Waals surface area (Å²) in [6.07, 6.45) is 1.68. The molecule has 134 valence electrons. The lowest BCUT2D eigenvalue weighted by Gasteiger charge is -2.13. The number of fused-ring (bicyclic) bond motifs is 3. The van der Waals surface area contributed by atoms with Crippen LogP contribution < -0.4 is 10.1 Å². The number of hydrogen-bond acceptors (Lipinski definition) is 2. The molecule has 0 fully saturated rings. The molecular weight excluding hydrogens is 324 g/mol. The predicted molar refractivity (Wildman–Crippen MR) is 104 cm³/mol. The molecule has 0 spiro atoms. The number of aromatic amines is 1. The van der Waals surface area contributed by atoms with E-state index in [4.69, 9.17) is 4.74 Å². The summed E-state index contributed by atoms with van der Waals surface area (Å²) in [6, 6.07) is 14.1. The van der Waals surface area contributed by atoms with Gasteiger partial charge < -0.3 is 15.0 Å². The molecule has 0 saturated heterocycles. The Morgan fingerprint density at radius 1 is 1.15 bits per heavy atom. The highest BCUT2D eigenvalue weighted by molar-refractivity contribution is 5.94. The molecule has 4 heteroatoms. The Kier molecular flexibility index (Phi) is 4.19. The zero-order valence-corrected chi connectivity index (χ0v) is 15.4. The first-order chi connectivity index (χ1) is 12.5. The summed E-state index contributed by atoms with van der Waals surface area (Å²) in [7, 11) is 1.68. The highest BCUT2D eigenvalue weighted by Gasteiger charge is 2.27. The van der Waals surface area contributed by atoms with Gasteiger partial charge in [0.05, 0.1) is 7.11 Å². The molecule has 0 bridgehead atoms. The number of aromatic nitrogens is 1. The second kappa shape index (κ2) is 6.52. The van der Waals surface area contributed by atoms with E-state index in [1.165, 1.54) is 22.2 Å². The SMILES string of the molecule is COc1ccc2[nH]c3c(c2c1)CC(NC(=O)c1ccc(C(C)C)cc1)C3. The molecule has 4 rings (SSSR count). The van der Waals surface area contributed by atoms with E-state index in [1.54, 1.807) is 7.11 Å². The van der Waals surface area contributed by atoms with Crippen LogP contribution in [0.25, 0.3) is 10.9 Å². The monoisotopic (exact) mass is 348 g/mol. The van der Waals surface area contributed by atoms with Crippen molar-refractivity contribution in [3.05, 3.63) is 64.8 Å². The fourth-order valence-corrected chi connectivity index (χ4v) is 3.77. The van der Waals surface area contributed by atoms with E-state index in [1.807, 2.05) is 30.3 Å². The largest absolute Gasteiger partial charge is 0.497 e. The minimum atomic E-state index is -0.00246. The molecule has 26 heavy (non-hydrogen) atoms. The molecule has 1 aliphatic rings. The van der Waals surface area contributed by atoms with Crippen molar-refractivity contribution in [1.82, 2.24) is 10.3 Å². The predicted octanol–water partition coefficient (Wildman–Crippen LogP) is 4.20. The van der Waals surface area contributed by atoms with Crippen LogP contribution in [-0.4, -0.2) is 24.0 Å². The number of carbonyl (C=O) groups is 1. The normalized spacial score (nSPS) is 16.1. The van der Waals surface area contributed by atoms with Crippen LogP contribution in [0.4, 0.5) is 0 Å². The van der Waals surface area contributed by atoms with E-state index >= 15 is 0 Å². The van der Waals surface area contributed by atoms with Crippen LogP contribution >= 0.6 is 0 Å². The van der Waals surface area contributed by atoms with Crippen molar-refractivity contribution in [3.63, 3.8) is 0 Å². The average Bonchev–Trinajstić information content (AvgIpc) is 3.18. The summed E-state index contributed by atoms with van der Waals surface area (Å²) >= 11 is 0. The van der Waals surface area contributed by atoms with Crippen LogP contribution in [0.1, 0.15) is 46.9 Å². The minimum absolute atomic E-state index is 0.00246. The van der Waals surface area contributed by atoms with Gasteiger partial charge in [0.15, 0.2) is 0 Å². The van der Waals surface area contributed by atoms with Gasteiger partial charge >= 0.3 is 0 Å². The van der Waals surface area contributed by atoms with Gasteiger partial charge in [-0.2, -0.15) is 0 Å². The number of methoxy groups -OCH3 is 1. The Morgan fingerprint density at radius 3 is 2.62 bits per heavy atom. The summed E-state index contributed by atoms with van der Waals surface area (Å²) in [4.78, 5) is 16.1. The van der Waals surface area contributed by atoms with Gasteiger partial charge in [-0.1, -0.05) is 26.0 Å². The maximum absolute atomic E-state index is 12.6. The third-order valence-electron chi connectivity index (χ3n) is 5.28. The van der Waals surface area contributed by atoms with E-state index in [2.05, 4.69) is 36.3 Å². The van der Waals surface area contributed by atoms with Gasteiger partial charge in [-0.05, 0) is 53.8 Å². The molecule has 0 saturated carbocycles. The highest BCUT2D eigenvalue weighted by atomic mass is 16.5. The van der Waals surface area contributed by atoms with E-state index in [9.17, 15) is 4.79 Å². The lowest BCUT2D eigenvalue weighted by Crippen LogP contribution is -2.35. The van der Waals surface area contributed by atoms with Crippen LogP contribution in [0.15, 0.2) is 42.5 Å². The smallest absolute Gasteiger partial charge is 0.251 e. The second-order valence-electron chi connectivity index (χ2n) is 7.35. The Labute approximate surface area is 153 Å². The molecule has 1 amide bonds. The van der Waals surface area contributed by atoms with Gasteiger partial charge in [-0.25, -0.2) is 0 Å². The van der Waals surface area contributed by atoms with Crippen LogP contribution in [0.5, 0.6) is 5.75 Å². The molecule has 4 nitrogen and oxygen atoms in total. The molecule has 2 aromatic carbocycles. The van der Waals surface area contributed by atoms with Gasteiger partial charge in [-0.3, -0.25) is 4.79 Å². The third kappa shape index (κ3) is 2.96. The van der Waals surface area contributed by atoms with Crippen LogP contribution in [0.2, 0.25) is 0 Å². The van der Waals surface area contributed by atoms with Crippen molar-refractivity contribution < 1.29 is 9.53 Å². The van der Waals surface area contributed by atoms with Gasteiger partial charge in [0, 0.05) is 34.6 Å². The lowest BCUT2D eigenvalue weighted by atomic mass is 10.0. The standard InChI is InChI=1S/C22H24N2O2/c1-13(2)14-4-6-15(7-5-14)22(25)23-16-10-18-19-12-17(26-3)8-9-20(19)24-21(18)11-16/h4-9,12-13,16,24H,10-11H2,1-3H3,(H,23,25). The van der Waals surface area contributed by atoms with E-state index in [0.717, 1.165) is 29.7 Å². The first-order valence-electron chi connectivity index (χ1n) is 9.13. The van der Waals surface area contributed by atoms with Crippen molar-refractivity contribution in [2.75, 3.05) is 7.11 Å². The summed E-state index contributed by atoms with van der Waals surface area (Å²) in [5, 5.41) is 4.37. The fourth-order valence-electron chi connectivity index (χ4n) is 3.77. The molecule has 1 heterocycles. The van der Waals surface area contributed by atoms with Crippen molar-refractivity contribution in [3.8, 4) is 5.75 Å². The number of hydrogen-bond donors (Lipinski definition) is 2. The van der Waals surface area contributed by atoms with Gasteiger partial charge in [-0.15, -0.1) is 0 Å². The van der Waals surface area contributed by atoms with Crippen molar-refractivity contribution in [1.29, 1.82) is 0 Å². The zero-order valence-electron chi connectivity index (χ0n) is 15.4. The molecule has 1 aromatic heterocycles. The molecule has 1 unspecified atom stereocenters. The number of amides is 1. The Bertz CT molecular complexity index is 954. The number of ether oxygens (including phenoxy) is 1. The van der Waals surface area contributed by atoms with Crippen molar-refractivity contribution >= 4 is 16.8 Å². The first kappa shape index (κ1) is 16.7. The van der Waals surface area contributed by atoms with Crippen molar-refractivity contribution in [2.24, 2.45) is 0 Å². The summed E-state index contributed by atoms with van der Waals surface area (Å²) in [5.41, 5.74) is 5.60. The van der Waals surface area contributed by atoms with Crippen LogP contribution in [0, 0.1) is 0 Å². The number of carbonyl (C=O) groups excluding carboxylic acids is 1. The summed E-state index contributed by atoms with van der Waals surface area (Å²) < 4.78 is 5.34. The number of benzene rings is 2. The number of H-pyrrole nitrogens is 1. The number of rotatable bonds is 4. The fraction of sp³-hybridized carbons (Fsp3) is 0.318. The quantitative estimate of drug-likeness (QED) is 0.742. The van der Waals surface area contributed by atoms with Gasteiger partial charge in [0.1, 0.15) is 5.75 Å². The summed E-state index contributed by atoms with van der Waals surface area (Å²) in [6.45, 7) is 4.31. The van der Waals surface area contributed by atoms with Crippen molar-refractivity contribution in [2.45, 2.75) is 38.6 Å². The molecule has 1 atom stereocenters. The van der Waals surface area contributed by atoms with E-state index in [0.29, 0.717) is 5.92 Å². The highest BCUT2D eigenvalue weighted by Crippen LogP contribution is 2.32. The Balaban J connectivity index is 1.48. The van der Waals surface area contributed by atoms with E-state index < -0.39 is 0 Å². The van der Waals surface area contributed by atoms with Crippen LogP contribution in [0.3, 0.4) is 0 Å². The lowest BCUT2D eigenvalue weighted by molar-refractivity contribution is 0.0938. The average molecular weight is 348 g/mol. The molecule has 1 aliphatic carbocycles. The van der Waals surface area contributed by atoms with Gasteiger partial charge in [0.2, 0.25) is 0 Å². The molecule has 2 N–H and O–H groups in total. The Morgan fingerprint density at radius 2 is 1.92 bits per heavy atom. The zero-order chi connectivity index (χ0) is 18.3. The number of nitrogens with one attached hydrogen (secondary N) is 2. The summed E-state index contributed by atoms with van der Waals surface area (Å²) in [5.74, 6) is 1.33. The van der Waals surface area contributed by atoms with Crippen LogP contribution in [-0.2, 0) is 12.8 Å². The van der Waals surface area contributed by atoms with Gasteiger partial charge in [0.25, 0.3) is 5.91 Å². The second-order valence-corrected chi connectivity index (χ2v) is 7.35. The molecular formula is C22H24N2O2. The topological polar surface area (TPSA) is 54.1 Å².